The molecule has 0 bridgehead atoms. The second kappa shape index (κ2) is 8.26. The lowest BCUT2D eigenvalue weighted by Gasteiger charge is -2.12. The van der Waals surface area contributed by atoms with Crippen molar-refractivity contribution in [3.05, 3.63) is 35.4 Å². The molecule has 1 atom stereocenters. The number of carbonyl (C=O) groups is 2. The summed E-state index contributed by atoms with van der Waals surface area (Å²) in [6.45, 7) is 3.58. The van der Waals surface area contributed by atoms with Crippen LogP contribution < -0.4 is 10.6 Å². The van der Waals surface area contributed by atoms with Gasteiger partial charge in [0.1, 0.15) is 0 Å². The van der Waals surface area contributed by atoms with Crippen LogP contribution in [0.3, 0.4) is 0 Å². The molecule has 0 fully saturated rings. The molecule has 1 unspecified atom stereocenters. The molecule has 116 valence electrons. The molecule has 1 aromatic carbocycles. The van der Waals surface area contributed by atoms with Crippen LogP contribution in [0.15, 0.2) is 24.3 Å². The first-order valence-corrected chi connectivity index (χ1v) is 6.89. The van der Waals surface area contributed by atoms with Gasteiger partial charge in [-0.05, 0) is 18.1 Å². The Kier molecular flexibility index (Phi) is 6.68. The number of aliphatic carboxylic acids is 1. The monoisotopic (exact) mass is 293 g/mol. The fourth-order valence-corrected chi connectivity index (χ4v) is 1.72. The highest BCUT2D eigenvalue weighted by atomic mass is 16.4. The van der Waals surface area contributed by atoms with Crippen LogP contribution in [0.25, 0.3) is 0 Å². The van der Waals surface area contributed by atoms with E-state index in [2.05, 4.69) is 10.6 Å². The number of nitrogens with zero attached hydrogens (tertiary/aromatic N) is 1. The first-order chi connectivity index (χ1) is 9.91. The first kappa shape index (κ1) is 17.0. The quantitative estimate of drug-likeness (QED) is 0.661. The molecule has 0 heterocycles. The molecule has 6 nitrogen and oxygen atoms in total. The molecule has 6 heteroatoms. The normalized spacial score (nSPS) is 11.8. The lowest BCUT2D eigenvalue weighted by atomic mass is 10.0. The highest BCUT2D eigenvalue weighted by Crippen LogP contribution is 2.15. The number of rotatable bonds is 7. The predicted octanol–water partition coefficient (Wildman–Crippen LogP) is 1.24. The predicted molar refractivity (Wildman–Crippen MR) is 81.3 cm³/mol. The van der Waals surface area contributed by atoms with E-state index in [9.17, 15) is 9.59 Å². The molecule has 0 aromatic heterocycles. The van der Waals surface area contributed by atoms with Crippen LogP contribution in [-0.4, -0.2) is 49.2 Å². The highest BCUT2D eigenvalue weighted by molar-refractivity contribution is 5.75. The Labute approximate surface area is 125 Å². The second-order valence-electron chi connectivity index (χ2n) is 5.10. The molecule has 21 heavy (non-hydrogen) atoms. The summed E-state index contributed by atoms with van der Waals surface area (Å²) < 4.78 is 0. The van der Waals surface area contributed by atoms with E-state index >= 15 is 0 Å². The number of urea groups is 1. The van der Waals surface area contributed by atoms with Crippen molar-refractivity contribution in [1.29, 1.82) is 0 Å². The summed E-state index contributed by atoms with van der Waals surface area (Å²) >= 11 is 0. The van der Waals surface area contributed by atoms with Crippen molar-refractivity contribution >= 4 is 12.0 Å². The van der Waals surface area contributed by atoms with Gasteiger partial charge in [0.05, 0.1) is 5.92 Å². The van der Waals surface area contributed by atoms with E-state index in [0.29, 0.717) is 19.6 Å². The van der Waals surface area contributed by atoms with Gasteiger partial charge in [-0.2, -0.15) is 0 Å². The third kappa shape index (κ3) is 5.83. The van der Waals surface area contributed by atoms with Gasteiger partial charge in [-0.1, -0.05) is 24.3 Å². The zero-order valence-electron chi connectivity index (χ0n) is 12.7. The van der Waals surface area contributed by atoms with Gasteiger partial charge in [0.2, 0.25) is 0 Å². The van der Waals surface area contributed by atoms with Gasteiger partial charge in [-0.15, -0.1) is 0 Å². The summed E-state index contributed by atoms with van der Waals surface area (Å²) in [5.74, 6) is -1.31. The standard InChI is InChI=1S/C15H23N3O3/c1-11(14(19)20)13-6-4-12(5-7-13)10-16-8-9-17-15(21)18(2)3/h4-7,11,16H,8-10H2,1-3H3,(H,17,21)(H,19,20). The van der Waals surface area contributed by atoms with E-state index in [0.717, 1.165) is 11.1 Å². The van der Waals surface area contributed by atoms with Gasteiger partial charge in [0.25, 0.3) is 0 Å². The van der Waals surface area contributed by atoms with Gasteiger partial charge < -0.3 is 20.6 Å². The lowest BCUT2D eigenvalue weighted by Crippen LogP contribution is -2.38. The largest absolute Gasteiger partial charge is 0.481 e. The van der Waals surface area contributed by atoms with Crippen LogP contribution in [0.5, 0.6) is 0 Å². The molecular formula is C15H23N3O3. The lowest BCUT2D eigenvalue weighted by molar-refractivity contribution is -0.138. The topological polar surface area (TPSA) is 81.7 Å². The van der Waals surface area contributed by atoms with Crippen molar-refractivity contribution in [1.82, 2.24) is 15.5 Å². The molecule has 0 saturated carbocycles. The summed E-state index contributed by atoms with van der Waals surface area (Å²) in [7, 11) is 3.39. The number of hydrogen-bond acceptors (Lipinski definition) is 3. The molecule has 0 aliphatic carbocycles. The minimum absolute atomic E-state index is 0.108. The first-order valence-electron chi connectivity index (χ1n) is 6.89. The Morgan fingerprint density at radius 2 is 1.81 bits per heavy atom. The van der Waals surface area contributed by atoms with Gasteiger partial charge in [0.15, 0.2) is 0 Å². The summed E-state index contributed by atoms with van der Waals surface area (Å²) in [4.78, 5) is 23.6. The molecule has 0 aliphatic rings. The maximum Gasteiger partial charge on any atom is 0.316 e. The average molecular weight is 293 g/mol. The van der Waals surface area contributed by atoms with Crippen molar-refractivity contribution in [2.75, 3.05) is 27.2 Å². The van der Waals surface area contributed by atoms with Crippen LogP contribution in [0.1, 0.15) is 24.0 Å². The molecule has 0 saturated heterocycles. The Morgan fingerprint density at radius 3 is 2.33 bits per heavy atom. The summed E-state index contributed by atoms with van der Waals surface area (Å²) in [5, 5.41) is 14.9. The molecule has 0 aliphatic heterocycles. The minimum atomic E-state index is -0.822. The summed E-state index contributed by atoms with van der Waals surface area (Å²) in [6, 6.07) is 7.40. The Bertz CT molecular complexity index is 472. The fourth-order valence-electron chi connectivity index (χ4n) is 1.72. The zero-order valence-corrected chi connectivity index (χ0v) is 12.7. The molecule has 0 spiro atoms. The van der Waals surface area contributed by atoms with Crippen LogP contribution >= 0.6 is 0 Å². The number of carbonyl (C=O) groups excluding carboxylic acids is 1. The fraction of sp³-hybridized carbons (Fsp3) is 0.467. The highest BCUT2D eigenvalue weighted by Gasteiger charge is 2.12. The third-order valence-corrected chi connectivity index (χ3v) is 3.16. The number of amides is 2. The van der Waals surface area contributed by atoms with E-state index < -0.39 is 11.9 Å². The van der Waals surface area contributed by atoms with Crippen molar-refractivity contribution in [2.24, 2.45) is 0 Å². The van der Waals surface area contributed by atoms with Gasteiger partial charge in [0, 0.05) is 33.7 Å². The van der Waals surface area contributed by atoms with Crippen LogP contribution in [-0.2, 0) is 11.3 Å². The Hall–Kier alpha value is -2.08. The van der Waals surface area contributed by atoms with Crippen molar-refractivity contribution in [3.63, 3.8) is 0 Å². The van der Waals surface area contributed by atoms with Crippen LogP contribution in [0.2, 0.25) is 0 Å². The Balaban J connectivity index is 2.30. The molecule has 1 rings (SSSR count). The third-order valence-electron chi connectivity index (χ3n) is 3.16. The van der Waals surface area contributed by atoms with E-state index in [4.69, 9.17) is 5.11 Å². The molecule has 2 amide bonds. The molecule has 3 N–H and O–H groups in total. The SMILES string of the molecule is CC(C(=O)O)c1ccc(CNCCNC(=O)N(C)C)cc1. The summed E-state index contributed by atoms with van der Waals surface area (Å²) in [6.07, 6.45) is 0. The number of carboxylic acids is 1. The maximum absolute atomic E-state index is 11.3. The number of carboxylic acid groups (broad SMARTS) is 1. The maximum atomic E-state index is 11.3. The molecule has 1 aromatic rings. The number of nitrogens with one attached hydrogen (secondary N) is 2. The molecular weight excluding hydrogens is 270 g/mol. The molecule has 0 radical (unpaired) electrons. The van der Waals surface area contributed by atoms with E-state index in [1.807, 2.05) is 24.3 Å². The summed E-state index contributed by atoms with van der Waals surface area (Å²) in [5.41, 5.74) is 1.87. The zero-order chi connectivity index (χ0) is 15.8. The van der Waals surface area contributed by atoms with Crippen LogP contribution in [0, 0.1) is 0 Å². The van der Waals surface area contributed by atoms with E-state index in [-0.39, 0.29) is 6.03 Å². The number of hydrogen-bond donors (Lipinski definition) is 3. The van der Waals surface area contributed by atoms with Crippen LogP contribution in [0.4, 0.5) is 4.79 Å². The van der Waals surface area contributed by atoms with Crippen molar-refractivity contribution in [2.45, 2.75) is 19.4 Å². The number of benzene rings is 1. The average Bonchev–Trinajstić information content (AvgIpc) is 2.46. The van der Waals surface area contributed by atoms with E-state index in [1.54, 1.807) is 21.0 Å². The van der Waals surface area contributed by atoms with E-state index in [1.165, 1.54) is 4.90 Å². The van der Waals surface area contributed by atoms with Crippen molar-refractivity contribution in [3.8, 4) is 0 Å². The smallest absolute Gasteiger partial charge is 0.316 e. The van der Waals surface area contributed by atoms with Crippen molar-refractivity contribution < 1.29 is 14.7 Å². The Morgan fingerprint density at radius 1 is 1.19 bits per heavy atom. The van der Waals surface area contributed by atoms with Gasteiger partial charge in [-0.25, -0.2) is 4.79 Å². The minimum Gasteiger partial charge on any atom is -0.481 e. The van der Waals surface area contributed by atoms with Gasteiger partial charge >= 0.3 is 12.0 Å². The van der Waals surface area contributed by atoms with Gasteiger partial charge in [-0.3, -0.25) is 4.79 Å². The second-order valence-corrected chi connectivity index (χ2v) is 5.10.